The lowest BCUT2D eigenvalue weighted by atomic mass is 10.0. The SMILES string of the molecule is CC(C)C(=O)N(C(=O)[C@H](Cc1ccc(O)cc1)NC(=O)OC(C)(C)C)C(N)C(=O)O. The van der Waals surface area contributed by atoms with E-state index in [0.717, 1.165) is 0 Å². The number of nitrogens with zero attached hydrogens (tertiary/aromatic N) is 1. The average Bonchev–Trinajstić information content (AvgIpc) is 2.61. The highest BCUT2D eigenvalue weighted by Gasteiger charge is 2.38. The van der Waals surface area contributed by atoms with Crippen molar-refractivity contribution in [1.82, 2.24) is 10.2 Å². The number of imide groups is 1. The molecule has 0 aliphatic rings. The summed E-state index contributed by atoms with van der Waals surface area (Å²) in [4.78, 5) is 49.8. The number of amides is 3. The van der Waals surface area contributed by atoms with Crippen molar-refractivity contribution >= 4 is 23.9 Å². The van der Waals surface area contributed by atoms with Gasteiger partial charge in [0.25, 0.3) is 5.91 Å². The molecule has 30 heavy (non-hydrogen) atoms. The maximum Gasteiger partial charge on any atom is 0.408 e. The zero-order chi connectivity index (χ0) is 23.2. The Bertz CT molecular complexity index is 785. The fourth-order valence-corrected chi connectivity index (χ4v) is 2.46. The van der Waals surface area contributed by atoms with Gasteiger partial charge in [0.2, 0.25) is 5.91 Å². The molecular formula is C20H29N3O7. The van der Waals surface area contributed by atoms with Crippen LogP contribution in [0.5, 0.6) is 5.75 Å². The first-order valence-corrected chi connectivity index (χ1v) is 9.35. The number of phenolic OH excluding ortho intramolecular Hbond substituents is 1. The van der Waals surface area contributed by atoms with Gasteiger partial charge in [-0.05, 0) is 38.5 Å². The first-order chi connectivity index (χ1) is 13.7. The number of carboxylic acids is 1. The van der Waals surface area contributed by atoms with Gasteiger partial charge in [0.05, 0.1) is 0 Å². The molecule has 0 spiro atoms. The number of rotatable bonds is 7. The molecule has 166 valence electrons. The summed E-state index contributed by atoms with van der Waals surface area (Å²) < 4.78 is 5.18. The molecule has 0 bridgehead atoms. The Hall–Kier alpha value is -3.14. The van der Waals surface area contributed by atoms with Gasteiger partial charge in [-0.2, -0.15) is 0 Å². The van der Waals surface area contributed by atoms with E-state index in [4.69, 9.17) is 10.5 Å². The summed E-state index contributed by atoms with van der Waals surface area (Å²) in [5, 5.41) is 21.1. The molecule has 1 aromatic carbocycles. The van der Waals surface area contributed by atoms with E-state index in [1.54, 1.807) is 20.8 Å². The molecule has 2 atom stereocenters. The number of carbonyl (C=O) groups is 4. The highest BCUT2D eigenvalue weighted by molar-refractivity contribution is 6.02. The third-order valence-electron chi connectivity index (χ3n) is 3.87. The average molecular weight is 423 g/mol. The number of hydrogen-bond donors (Lipinski definition) is 4. The van der Waals surface area contributed by atoms with Crippen molar-refractivity contribution in [3.8, 4) is 5.75 Å². The molecular weight excluding hydrogens is 394 g/mol. The molecule has 1 aromatic rings. The third-order valence-corrected chi connectivity index (χ3v) is 3.87. The highest BCUT2D eigenvalue weighted by atomic mass is 16.6. The van der Waals surface area contributed by atoms with E-state index >= 15 is 0 Å². The Kier molecular flexibility index (Phi) is 8.35. The van der Waals surface area contributed by atoms with Crippen LogP contribution in [0.1, 0.15) is 40.2 Å². The summed E-state index contributed by atoms with van der Waals surface area (Å²) in [7, 11) is 0. The van der Waals surface area contributed by atoms with Gasteiger partial charge in [0, 0.05) is 12.3 Å². The van der Waals surface area contributed by atoms with Crippen LogP contribution in [0.4, 0.5) is 4.79 Å². The Labute approximate surface area is 175 Å². The first kappa shape index (κ1) is 24.9. The van der Waals surface area contributed by atoms with Crippen LogP contribution in [0.3, 0.4) is 0 Å². The fourth-order valence-electron chi connectivity index (χ4n) is 2.46. The van der Waals surface area contributed by atoms with E-state index in [1.165, 1.54) is 38.1 Å². The summed E-state index contributed by atoms with van der Waals surface area (Å²) in [6.45, 7) is 7.90. The largest absolute Gasteiger partial charge is 0.508 e. The van der Waals surface area contributed by atoms with Crippen LogP contribution in [0.15, 0.2) is 24.3 Å². The van der Waals surface area contributed by atoms with E-state index in [-0.39, 0.29) is 12.2 Å². The van der Waals surface area contributed by atoms with Crippen molar-refractivity contribution in [2.75, 3.05) is 0 Å². The number of carbonyl (C=O) groups excluding carboxylic acids is 3. The molecule has 5 N–H and O–H groups in total. The zero-order valence-corrected chi connectivity index (χ0v) is 17.7. The molecule has 0 aromatic heterocycles. The van der Waals surface area contributed by atoms with Crippen molar-refractivity contribution in [1.29, 1.82) is 0 Å². The number of hydrogen-bond acceptors (Lipinski definition) is 7. The Morgan fingerprint density at radius 2 is 1.63 bits per heavy atom. The molecule has 10 heteroatoms. The molecule has 10 nitrogen and oxygen atoms in total. The molecule has 0 aliphatic heterocycles. The van der Waals surface area contributed by atoms with Crippen LogP contribution in [-0.2, 0) is 25.5 Å². The lowest BCUT2D eigenvalue weighted by molar-refractivity contribution is -0.160. The molecule has 0 radical (unpaired) electrons. The number of ether oxygens (including phenoxy) is 1. The van der Waals surface area contributed by atoms with Crippen LogP contribution < -0.4 is 11.1 Å². The second-order valence-corrected chi connectivity index (χ2v) is 8.05. The van der Waals surface area contributed by atoms with Crippen molar-refractivity contribution in [3.05, 3.63) is 29.8 Å². The molecule has 0 heterocycles. The molecule has 1 rings (SSSR count). The predicted octanol–water partition coefficient (Wildman–Crippen LogP) is 1.21. The number of carboxylic acid groups (broad SMARTS) is 1. The zero-order valence-electron chi connectivity index (χ0n) is 17.7. The van der Waals surface area contributed by atoms with Gasteiger partial charge in [-0.25, -0.2) is 9.59 Å². The van der Waals surface area contributed by atoms with Gasteiger partial charge in [-0.1, -0.05) is 26.0 Å². The minimum atomic E-state index is -1.92. The van der Waals surface area contributed by atoms with Gasteiger partial charge in [-0.15, -0.1) is 0 Å². The molecule has 1 unspecified atom stereocenters. The summed E-state index contributed by atoms with van der Waals surface area (Å²) >= 11 is 0. The summed E-state index contributed by atoms with van der Waals surface area (Å²) in [6, 6.07) is 4.50. The van der Waals surface area contributed by atoms with Gasteiger partial charge < -0.3 is 26.0 Å². The van der Waals surface area contributed by atoms with E-state index in [2.05, 4.69) is 5.32 Å². The number of aliphatic carboxylic acids is 1. The van der Waals surface area contributed by atoms with Gasteiger partial charge in [0.1, 0.15) is 17.4 Å². The van der Waals surface area contributed by atoms with E-state index in [1.807, 2.05) is 0 Å². The van der Waals surface area contributed by atoms with Crippen molar-refractivity contribution in [2.45, 2.75) is 58.8 Å². The molecule has 0 saturated heterocycles. The lowest BCUT2D eigenvalue weighted by Crippen LogP contribution is -2.60. The maximum atomic E-state index is 13.1. The summed E-state index contributed by atoms with van der Waals surface area (Å²) in [6.07, 6.45) is -2.93. The van der Waals surface area contributed by atoms with Crippen molar-refractivity contribution in [3.63, 3.8) is 0 Å². The molecule has 0 aliphatic carbocycles. The van der Waals surface area contributed by atoms with Crippen LogP contribution in [0, 0.1) is 5.92 Å². The van der Waals surface area contributed by atoms with E-state index in [0.29, 0.717) is 10.5 Å². The van der Waals surface area contributed by atoms with E-state index < -0.39 is 47.6 Å². The maximum absolute atomic E-state index is 13.1. The number of nitrogens with two attached hydrogens (primary N) is 1. The molecule has 0 fully saturated rings. The quantitative estimate of drug-likeness (QED) is 0.476. The second-order valence-electron chi connectivity index (χ2n) is 8.05. The van der Waals surface area contributed by atoms with Crippen LogP contribution in [0.2, 0.25) is 0 Å². The Morgan fingerprint density at radius 3 is 2.07 bits per heavy atom. The topological polar surface area (TPSA) is 159 Å². The van der Waals surface area contributed by atoms with Crippen LogP contribution >= 0.6 is 0 Å². The monoisotopic (exact) mass is 423 g/mol. The second kappa shape index (κ2) is 10.1. The number of alkyl carbamates (subject to hydrolysis) is 1. The van der Waals surface area contributed by atoms with Crippen LogP contribution in [0.25, 0.3) is 0 Å². The number of aromatic hydroxyl groups is 1. The van der Waals surface area contributed by atoms with Crippen molar-refractivity contribution < 1.29 is 34.1 Å². The minimum Gasteiger partial charge on any atom is -0.508 e. The van der Waals surface area contributed by atoms with E-state index in [9.17, 15) is 29.4 Å². The number of benzene rings is 1. The highest BCUT2D eigenvalue weighted by Crippen LogP contribution is 2.15. The van der Waals surface area contributed by atoms with Crippen LogP contribution in [-0.4, -0.2) is 56.8 Å². The van der Waals surface area contributed by atoms with Crippen molar-refractivity contribution in [2.24, 2.45) is 11.7 Å². The van der Waals surface area contributed by atoms with Gasteiger partial charge >= 0.3 is 12.1 Å². The Balaban J connectivity index is 3.28. The number of phenols is 1. The summed E-state index contributed by atoms with van der Waals surface area (Å²) in [5.41, 5.74) is 5.29. The van der Waals surface area contributed by atoms with Gasteiger partial charge in [-0.3, -0.25) is 14.5 Å². The Morgan fingerprint density at radius 1 is 1.10 bits per heavy atom. The fraction of sp³-hybridized carbons (Fsp3) is 0.500. The third kappa shape index (κ3) is 7.36. The lowest BCUT2D eigenvalue weighted by Gasteiger charge is -2.30. The van der Waals surface area contributed by atoms with Gasteiger partial charge in [0.15, 0.2) is 6.17 Å². The summed E-state index contributed by atoms with van der Waals surface area (Å²) in [5.74, 6) is -4.06. The molecule has 3 amide bonds. The molecule has 0 saturated carbocycles. The predicted molar refractivity (Wildman–Crippen MR) is 107 cm³/mol. The normalized spacial score (nSPS) is 13.3. The minimum absolute atomic E-state index is 0.00578. The standard InChI is InChI=1S/C20H29N3O7/c1-11(2)16(25)23(15(21)18(27)28)17(26)14(22-19(29)30-20(3,4)5)10-12-6-8-13(24)9-7-12/h6-9,11,14-15,24H,10,21H2,1-5H3,(H,22,29)(H,27,28)/t14-,15?/m0/s1. The number of nitrogens with one attached hydrogen (secondary N) is 1. The first-order valence-electron chi connectivity index (χ1n) is 9.35. The smallest absolute Gasteiger partial charge is 0.408 e.